The van der Waals surface area contributed by atoms with E-state index in [0.29, 0.717) is 30.9 Å². The fraction of sp³-hybridized carbons (Fsp3) is 0.125. The van der Waals surface area contributed by atoms with Crippen molar-refractivity contribution in [3.8, 4) is 5.75 Å². The second kappa shape index (κ2) is 7.90. The highest BCUT2D eigenvalue weighted by molar-refractivity contribution is 9.10. The van der Waals surface area contributed by atoms with E-state index in [1.54, 1.807) is 30.3 Å². The van der Waals surface area contributed by atoms with Crippen molar-refractivity contribution in [1.82, 2.24) is 15.2 Å². The topological polar surface area (TPSA) is 77.0 Å². The smallest absolute Gasteiger partial charge is 0.260 e. The molecule has 2 aromatic heterocycles. The van der Waals surface area contributed by atoms with E-state index < -0.39 is 0 Å². The molecular weight excluding hydrogens is 428 g/mol. The molecule has 0 unspecified atom stereocenters. The first-order chi connectivity index (χ1) is 12.0. The SMILES string of the molecule is Cc1cc(Br)c(C(=O)Nc2nnc(COc3ccc(Cl)cc3)s2)cn1. The lowest BCUT2D eigenvalue weighted by atomic mass is 10.2. The first-order valence-corrected chi connectivity index (χ1v) is 9.14. The Bertz CT molecular complexity index is 901. The van der Waals surface area contributed by atoms with E-state index in [4.69, 9.17) is 16.3 Å². The van der Waals surface area contributed by atoms with Gasteiger partial charge in [-0.15, -0.1) is 10.2 Å². The molecule has 2 heterocycles. The van der Waals surface area contributed by atoms with Gasteiger partial charge in [0.15, 0.2) is 5.01 Å². The molecule has 0 saturated heterocycles. The molecule has 9 heteroatoms. The van der Waals surface area contributed by atoms with Crippen molar-refractivity contribution in [1.29, 1.82) is 0 Å². The van der Waals surface area contributed by atoms with Crippen LogP contribution in [0.3, 0.4) is 0 Å². The van der Waals surface area contributed by atoms with Crippen LogP contribution in [0, 0.1) is 6.92 Å². The van der Waals surface area contributed by atoms with E-state index in [9.17, 15) is 4.79 Å². The van der Waals surface area contributed by atoms with Gasteiger partial charge in [0.05, 0.1) is 5.56 Å². The van der Waals surface area contributed by atoms with Crippen LogP contribution in [0.5, 0.6) is 5.75 Å². The number of rotatable bonds is 5. The number of carbonyl (C=O) groups excluding carboxylic acids is 1. The Morgan fingerprint density at radius 2 is 2.08 bits per heavy atom. The third kappa shape index (κ3) is 4.75. The predicted molar refractivity (Wildman–Crippen MR) is 100 cm³/mol. The van der Waals surface area contributed by atoms with Crippen LogP contribution in [0.2, 0.25) is 5.02 Å². The van der Waals surface area contributed by atoms with E-state index in [1.165, 1.54) is 17.5 Å². The van der Waals surface area contributed by atoms with Crippen LogP contribution < -0.4 is 10.1 Å². The van der Waals surface area contributed by atoms with Gasteiger partial charge in [0.25, 0.3) is 5.91 Å². The summed E-state index contributed by atoms with van der Waals surface area (Å²) >= 11 is 10.4. The van der Waals surface area contributed by atoms with Crippen LogP contribution in [0.15, 0.2) is 41.0 Å². The Hall–Kier alpha value is -2.03. The standard InChI is InChI=1S/C16H12BrClN4O2S/c1-9-6-13(17)12(7-19-9)15(23)20-16-22-21-14(25-16)8-24-11-4-2-10(18)3-5-11/h2-7H,8H2,1H3,(H,20,22,23). The van der Waals surface area contributed by atoms with Gasteiger partial charge in [0.2, 0.25) is 5.13 Å². The molecule has 1 amide bonds. The number of pyridine rings is 1. The average molecular weight is 440 g/mol. The molecule has 0 saturated carbocycles. The minimum Gasteiger partial charge on any atom is -0.486 e. The fourth-order valence-corrected chi connectivity index (χ4v) is 3.28. The number of hydrogen-bond donors (Lipinski definition) is 1. The summed E-state index contributed by atoms with van der Waals surface area (Å²) in [6.45, 7) is 2.11. The summed E-state index contributed by atoms with van der Waals surface area (Å²) in [5.41, 5.74) is 1.25. The second-order valence-corrected chi connectivity index (χ2v) is 7.36. The molecule has 0 aliphatic carbocycles. The molecule has 25 heavy (non-hydrogen) atoms. The Morgan fingerprint density at radius 3 is 2.80 bits per heavy atom. The second-order valence-electron chi connectivity index (χ2n) is 5.00. The van der Waals surface area contributed by atoms with Crippen LogP contribution in [0.4, 0.5) is 5.13 Å². The van der Waals surface area contributed by atoms with Gasteiger partial charge < -0.3 is 4.74 Å². The highest BCUT2D eigenvalue weighted by Gasteiger charge is 2.14. The number of carbonyl (C=O) groups is 1. The quantitative estimate of drug-likeness (QED) is 0.634. The molecule has 1 N–H and O–H groups in total. The molecule has 0 fully saturated rings. The summed E-state index contributed by atoms with van der Waals surface area (Å²) in [4.78, 5) is 16.4. The molecule has 0 atom stereocenters. The number of benzene rings is 1. The summed E-state index contributed by atoms with van der Waals surface area (Å²) in [5.74, 6) is 0.376. The molecule has 3 aromatic rings. The van der Waals surface area contributed by atoms with E-state index in [1.807, 2.05) is 6.92 Å². The van der Waals surface area contributed by atoms with Crippen molar-refractivity contribution in [3.05, 3.63) is 62.3 Å². The van der Waals surface area contributed by atoms with Gasteiger partial charge in [0.1, 0.15) is 12.4 Å². The maximum Gasteiger partial charge on any atom is 0.260 e. The van der Waals surface area contributed by atoms with Gasteiger partial charge in [0, 0.05) is 21.4 Å². The Morgan fingerprint density at radius 1 is 1.32 bits per heavy atom. The van der Waals surface area contributed by atoms with E-state index >= 15 is 0 Å². The number of aromatic nitrogens is 3. The van der Waals surface area contributed by atoms with Gasteiger partial charge in [-0.2, -0.15) is 0 Å². The Labute approximate surface area is 161 Å². The fourth-order valence-electron chi connectivity index (χ4n) is 1.90. The zero-order chi connectivity index (χ0) is 17.8. The number of hydrogen-bond acceptors (Lipinski definition) is 6. The van der Waals surface area contributed by atoms with Gasteiger partial charge in [-0.05, 0) is 53.2 Å². The zero-order valence-electron chi connectivity index (χ0n) is 13.0. The van der Waals surface area contributed by atoms with E-state index in [2.05, 4.69) is 36.4 Å². The predicted octanol–water partition coefficient (Wildman–Crippen LogP) is 4.49. The number of nitrogens with zero attached hydrogens (tertiary/aromatic N) is 3. The van der Waals surface area contributed by atoms with Crippen LogP contribution in [0.1, 0.15) is 21.1 Å². The molecule has 6 nitrogen and oxygen atoms in total. The van der Waals surface area contributed by atoms with Crippen LogP contribution in [-0.2, 0) is 6.61 Å². The number of anilines is 1. The van der Waals surface area contributed by atoms with Crippen molar-refractivity contribution in [2.45, 2.75) is 13.5 Å². The molecule has 3 rings (SSSR count). The van der Waals surface area contributed by atoms with Gasteiger partial charge in [-0.25, -0.2) is 0 Å². The number of nitrogens with one attached hydrogen (secondary N) is 1. The average Bonchev–Trinajstić information content (AvgIpc) is 3.01. The lowest BCUT2D eigenvalue weighted by Gasteiger charge is -2.04. The Balaban J connectivity index is 1.61. The monoisotopic (exact) mass is 438 g/mol. The molecule has 0 radical (unpaired) electrons. The van der Waals surface area contributed by atoms with Gasteiger partial charge >= 0.3 is 0 Å². The van der Waals surface area contributed by atoms with Crippen molar-refractivity contribution >= 4 is 49.9 Å². The largest absolute Gasteiger partial charge is 0.486 e. The highest BCUT2D eigenvalue weighted by Crippen LogP contribution is 2.22. The molecule has 0 spiro atoms. The maximum absolute atomic E-state index is 12.3. The van der Waals surface area contributed by atoms with Crippen molar-refractivity contribution in [2.24, 2.45) is 0 Å². The van der Waals surface area contributed by atoms with Crippen molar-refractivity contribution in [3.63, 3.8) is 0 Å². The first kappa shape index (κ1) is 17.8. The molecule has 0 aliphatic heterocycles. The lowest BCUT2D eigenvalue weighted by Crippen LogP contribution is -2.13. The first-order valence-electron chi connectivity index (χ1n) is 7.15. The third-order valence-corrected chi connectivity index (χ3v) is 4.82. The van der Waals surface area contributed by atoms with Crippen molar-refractivity contribution < 1.29 is 9.53 Å². The van der Waals surface area contributed by atoms with Crippen molar-refractivity contribution in [2.75, 3.05) is 5.32 Å². The Kier molecular flexibility index (Phi) is 5.62. The summed E-state index contributed by atoms with van der Waals surface area (Å²) in [7, 11) is 0. The molecule has 1 aromatic carbocycles. The minimum atomic E-state index is -0.305. The highest BCUT2D eigenvalue weighted by atomic mass is 79.9. The normalized spacial score (nSPS) is 10.5. The van der Waals surface area contributed by atoms with Crippen LogP contribution in [0.25, 0.3) is 0 Å². The summed E-state index contributed by atoms with van der Waals surface area (Å²) in [6.07, 6.45) is 1.51. The van der Waals surface area contributed by atoms with E-state index in [-0.39, 0.29) is 12.5 Å². The zero-order valence-corrected chi connectivity index (χ0v) is 16.2. The summed E-state index contributed by atoms with van der Waals surface area (Å²) < 4.78 is 6.28. The van der Waals surface area contributed by atoms with Crippen LogP contribution in [-0.4, -0.2) is 21.1 Å². The number of halogens is 2. The van der Waals surface area contributed by atoms with Gasteiger partial charge in [-0.1, -0.05) is 22.9 Å². The molecule has 0 aliphatic rings. The lowest BCUT2D eigenvalue weighted by molar-refractivity contribution is 0.102. The number of ether oxygens (including phenoxy) is 1. The minimum absolute atomic E-state index is 0.255. The molecule has 128 valence electrons. The molecule has 0 bridgehead atoms. The number of aryl methyl sites for hydroxylation is 1. The third-order valence-electron chi connectivity index (χ3n) is 3.10. The molecular formula is C16H12BrClN4O2S. The number of amides is 1. The van der Waals surface area contributed by atoms with Crippen LogP contribution >= 0.6 is 38.9 Å². The summed E-state index contributed by atoms with van der Waals surface area (Å²) in [6, 6.07) is 8.81. The maximum atomic E-state index is 12.3. The summed E-state index contributed by atoms with van der Waals surface area (Å²) in [5, 5.41) is 12.4. The van der Waals surface area contributed by atoms with E-state index in [0.717, 1.165) is 5.69 Å². The van der Waals surface area contributed by atoms with Gasteiger partial charge in [-0.3, -0.25) is 15.1 Å².